The molecule has 0 spiro atoms. The molecule has 124 valence electrons. The van der Waals surface area contributed by atoms with Crippen molar-refractivity contribution < 1.29 is 18.0 Å². The zero-order valence-corrected chi connectivity index (χ0v) is 13.0. The molecule has 1 amide bonds. The summed E-state index contributed by atoms with van der Waals surface area (Å²) in [6.45, 7) is 1.04. The number of nitrogens with zero attached hydrogens (tertiary/aromatic N) is 3. The Balaban J connectivity index is 2.28. The number of benzene rings is 1. The van der Waals surface area contributed by atoms with Gasteiger partial charge in [-0.05, 0) is 31.0 Å². The second-order valence-corrected chi connectivity index (χ2v) is 5.86. The van der Waals surface area contributed by atoms with Crippen molar-refractivity contribution in [1.82, 2.24) is 4.90 Å². The molecule has 1 aliphatic rings. The highest BCUT2D eigenvalue weighted by molar-refractivity contribution is 5.79. The molecular weight excluding hydrogens is 307 g/mol. The molecule has 1 unspecified atom stereocenters. The first-order chi connectivity index (χ1) is 10.7. The van der Waals surface area contributed by atoms with E-state index < -0.39 is 11.7 Å². The van der Waals surface area contributed by atoms with Gasteiger partial charge in [0.2, 0.25) is 5.91 Å². The number of alkyl halides is 3. The van der Waals surface area contributed by atoms with Crippen LogP contribution in [0.4, 0.5) is 18.9 Å². The van der Waals surface area contributed by atoms with E-state index in [9.17, 15) is 23.2 Å². The molecule has 4 nitrogen and oxygen atoms in total. The van der Waals surface area contributed by atoms with Crippen LogP contribution < -0.4 is 4.90 Å². The summed E-state index contributed by atoms with van der Waals surface area (Å²) < 4.78 is 38.3. The molecule has 0 aromatic heterocycles. The number of carbonyl (C=O) groups is 1. The summed E-state index contributed by atoms with van der Waals surface area (Å²) >= 11 is 0. The maximum absolute atomic E-state index is 12.8. The van der Waals surface area contributed by atoms with Crippen LogP contribution in [0, 0.1) is 17.2 Å². The molecule has 1 saturated heterocycles. The first-order valence-corrected chi connectivity index (χ1v) is 7.31. The highest BCUT2D eigenvalue weighted by Crippen LogP contribution is 2.34. The van der Waals surface area contributed by atoms with E-state index in [1.165, 1.54) is 11.0 Å². The summed E-state index contributed by atoms with van der Waals surface area (Å²) in [5.74, 6) is -0.201. The maximum atomic E-state index is 12.8. The lowest BCUT2D eigenvalue weighted by molar-refractivity contribution is -0.137. The topological polar surface area (TPSA) is 47.3 Å². The molecule has 7 heteroatoms. The third-order valence-electron chi connectivity index (χ3n) is 4.00. The molecule has 0 N–H and O–H groups in total. The summed E-state index contributed by atoms with van der Waals surface area (Å²) in [6.07, 6.45) is -2.97. The SMILES string of the molecule is CN(C)C(=O)C1CCCN(c2ccc(C(F)(F)F)cc2C#N)C1. The van der Waals surface area contributed by atoms with E-state index in [0.29, 0.717) is 18.8 Å². The van der Waals surface area contributed by atoms with Crippen molar-refractivity contribution in [3.8, 4) is 6.07 Å². The minimum Gasteiger partial charge on any atom is -0.370 e. The first-order valence-electron chi connectivity index (χ1n) is 7.31. The fourth-order valence-electron chi connectivity index (χ4n) is 2.84. The van der Waals surface area contributed by atoms with Gasteiger partial charge in [0.1, 0.15) is 6.07 Å². The third-order valence-corrected chi connectivity index (χ3v) is 4.00. The average Bonchev–Trinajstić information content (AvgIpc) is 2.52. The molecule has 0 bridgehead atoms. The largest absolute Gasteiger partial charge is 0.416 e. The van der Waals surface area contributed by atoms with E-state index >= 15 is 0 Å². The molecule has 1 aromatic rings. The van der Waals surface area contributed by atoms with Gasteiger partial charge >= 0.3 is 6.18 Å². The van der Waals surface area contributed by atoms with Crippen molar-refractivity contribution in [2.45, 2.75) is 19.0 Å². The zero-order valence-electron chi connectivity index (χ0n) is 13.0. The molecule has 1 heterocycles. The van der Waals surface area contributed by atoms with E-state index in [1.54, 1.807) is 14.1 Å². The summed E-state index contributed by atoms with van der Waals surface area (Å²) in [5, 5.41) is 9.18. The lowest BCUT2D eigenvalue weighted by atomic mass is 9.95. The van der Waals surface area contributed by atoms with Crippen LogP contribution >= 0.6 is 0 Å². The summed E-state index contributed by atoms with van der Waals surface area (Å²) in [5.41, 5.74) is -0.398. The summed E-state index contributed by atoms with van der Waals surface area (Å²) in [4.78, 5) is 15.4. The van der Waals surface area contributed by atoms with Gasteiger partial charge in [0.25, 0.3) is 0 Å². The van der Waals surface area contributed by atoms with Gasteiger partial charge in [-0.25, -0.2) is 0 Å². The van der Waals surface area contributed by atoms with Crippen LogP contribution in [0.2, 0.25) is 0 Å². The van der Waals surface area contributed by atoms with Crippen LogP contribution in [0.25, 0.3) is 0 Å². The summed E-state index contributed by atoms with van der Waals surface area (Å²) in [6, 6.07) is 5.01. The Morgan fingerprint density at radius 3 is 2.65 bits per heavy atom. The zero-order chi connectivity index (χ0) is 17.2. The normalized spacial score (nSPS) is 18.4. The second kappa shape index (κ2) is 6.49. The van der Waals surface area contributed by atoms with E-state index in [-0.39, 0.29) is 17.4 Å². The van der Waals surface area contributed by atoms with Crippen molar-refractivity contribution in [3.63, 3.8) is 0 Å². The second-order valence-electron chi connectivity index (χ2n) is 5.86. The van der Waals surface area contributed by atoms with Crippen molar-refractivity contribution in [3.05, 3.63) is 29.3 Å². The molecule has 1 aliphatic heterocycles. The van der Waals surface area contributed by atoms with Gasteiger partial charge in [0.05, 0.1) is 22.7 Å². The Kier molecular flexibility index (Phi) is 4.83. The van der Waals surface area contributed by atoms with E-state index in [1.807, 2.05) is 11.0 Å². The fourth-order valence-corrected chi connectivity index (χ4v) is 2.84. The number of amides is 1. The molecule has 0 saturated carbocycles. The third kappa shape index (κ3) is 3.76. The lowest BCUT2D eigenvalue weighted by Gasteiger charge is -2.35. The molecule has 2 rings (SSSR count). The van der Waals surface area contributed by atoms with Gasteiger partial charge in [0.15, 0.2) is 0 Å². The minimum absolute atomic E-state index is 0.000110. The van der Waals surface area contributed by atoms with Crippen LogP contribution in [-0.4, -0.2) is 38.0 Å². The van der Waals surface area contributed by atoms with Crippen LogP contribution in [0.1, 0.15) is 24.0 Å². The average molecular weight is 325 g/mol. The maximum Gasteiger partial charge on any atom is 0.416 e. The predicted octanol–water partition coefficient (Wildman–Crippen LogP) is 2.88. The van der Waals surface area contributed by atoms with Gasteiger partial charge in [-0.1, -0.05) is 0 Å². The lowest BCUT2D eigenvalue weighted by Crippen LogP contribution is -2.43. The fraction of sp³-hybridized carbons (Fsp3) is 0.500. The number of piperidine rings is 1. The van der Waals surface area contributed by atoms with Gasteiger partial charge in [0, 0.05) is 27.2 Å². The Morgan fingerprint density at radius 2 is 2.09 bits per heavy atom. The molecule has 1 atom stereocenters. The molecule has 1 fully saturated rings. The highest BCUT2D eigenvalue weighted by Gasteiger charge is 2.32. The van der Waals surface area contributed by atoms with Crippen molar-refractivity contribution >= 4 is 11.6 Å². The van der Waals surface area contributed by atoms with Gasteiger partial charge in [-0.3, -0.25) is 4.79 Å². The number of halogens is 3. The van der Waals surface area contributed by atoms with E-state index in [4.69, 9.17) is 0 Å². The van der Waals surface area contributed by atoms with Crippen LogP contribution in [0.15, 0.2) is 18.2 Å². The van der Waals surface area contributed by atoms with E-state index in [2.05, 4.69) is 0 Å². The van der Waals surface area contributed by atoms with Crippen molar-refractivity contribution in [2.75, 3.05) is 32.1 Å². The monoisotopic (exact) mass is 325 g/mol. The number of hydrogen-bond donors (Lipinski definition) is 0. The van der Waals surface area contributed by atoms with Gasteiger partial charge in [-0.15, -0.1) is 0 Å². The molecule has 1 aromatic carbocycles. The molecular formula is C16H18F3N3O. The number of anilines is 1. The number of hydrogen-bond acceptors (Lipinski definition) is 3. The van der Waals surface area contributed by atoms with Gasteiger partial charge in [-0.2, -0.15) is 18.4 Å². The summed E-state index contributed by atoms with van der Waals surface area (Å²) in [7, 11) is 3.36. The quantitative estimate of drug-likeness (QED) is 0.840. The Hall–Kier alpha value is -2.23. The Labute approximate surface area is 133 Å². The first kappa shape index (κ1) is 17.1. The predicted molar refractivity (Wildman–Crippen MR) is 79.8 cm³/mol. The number of nitriles is 1. The standard InChI is InChI=1S/C16H18F3N3O/c1-21(2)15(23)11-4-3-7-22(10-11)14-6-5-13(16(17,18)19)8-12(14)9-20/h5-6,8,11H,3-4,7,10H2,1-2H3. The number of rotatable bonds is 2. The van der Waals surface area contributed by atoms with E-state index in [0.717, 1.165) is 25.0 Å². The number of carbonyl (C=O) groups excluding carboxylic acids is 1. The smallest absolute Gasteiger partial charge is 0.370 e. The van der Waals surface area contributed by atoms with Crippen LogP contribution in [0.5, 0.6) is 0 Å². The Bertz CT molecular complexity index is 634. The Morgan fingerprint density at radius 1 is 1.39 bits per heavy atom. The molecule has 0 aliphatic carbocycles. The minimum atomic E-state index is -4.48. The highest BCUT2D eigenvalue weighted by atomic mass is 19.4. The molecule has 0 radical (unpaired) electrons. The van der Waals surface area contributed by atoms with Gasteiger partial charge < -0.3 is 9.80 Å². The van der Waals surface area contributed by atoms with Crippen molar-refractivity contribution in [2.24, 2.45) is 5.92 Å². The van der Waals surface area contributed by atoms with Crippen molar-refractivity contribution in [1.29, 1.82) is 5.26 Å². The van der Waals surface area contributed by atoms with Crippen LogP contribution in [-0.2, 0) is 11.0 Å². The molecule has 23 heavy (non-hydrogen) atoms. The van der Waals surface area contributed by atoms with Crippen LogP contribution in [0.3, 0.4) is 0 Å².